The van der Waals surface area contributed by atoms with E-state index in [4.69, 9.17) is 0 Å². The predicted molar refractivity (Wildman–Crippen MR) is 90.1 cm³/mol. The summed E-state index contributed by atoms with van der Waals surface area (Å²) in [7, 11) is 0. The number of benzene rings is 1. The molecule has 7 nitrogen and oxygen atoms in total. The van der Waals surface area contributed by atoms with Crippen molar-refractivity contribution in [2.24, 2.45) is 5.92 Å². The molecule has 2 saturated heterocycles. The summed E-state index contributed by atoms with van der Waals surface area (Å²) in [6, 6.07) is 4.67. The highest BCUT2D eigenvalue weighted by molar-refractivity contribution is 6.16. The monoisotopic (exact) mass is 331 g/mol. The van der Waals surface area contributed by atoms with E-state index in [2.05, 4.69) is 6.92 Å². The topological polar surface area (TPSA) is 83.8 Å². The second-order valence-corrected chi connectivity index (χ2v) is 6.60. The van der Waals surface area contributed by atoms with Crippen LogP contribution in [0.1, 0.15) is 39.0 Å². The molecule has 128 valence electrons. The van der Waals surface area contributed by atoms with E-state index in [0.717, 1.165) is 30.8 Å². The second kappa shape index (κ2) is 6.59. The Labute approximate surface area is 140 Å². The van der Waals surface area contributed by atoms with E-state index < -0.39 is 4.92 Å². The zero-order valence-electron chi connectivity index (χ0n) is 13.7. The lowest BCUT2D eigenvalue weighted by Crippen LogP contribution is -2.40. The number of piperidine rings is 2. The van der Waals surface area contributed by atoms with Crippen LogP contribution in [0.2, 0.25) is 0 Å². The SMILES string of the molecule is C[C@H]1CCCN(c2ccc(N3C(=O)CCCC3=O)cc2[N+](=O)[O-])C1. The standard InChI is InChI=1S/C17H21N3O4/c1-12-4-3-9-18(11-12)14-8-7-13(10-15(14)20(23)24)19-16(21)5-2-6-17(19)22/h7-8,10,12H,2-6,9,11H2,1H3/t12-/m0/s1. The van der Waals surface area contributed by atoms with E-state index in [1.807, 2.05) is 4.90 Å². The maximum atomic E-state index is 12.0. The molecule has 3 rings (SSSR count). The zero-order valence-corrected chi connectivity index (χ0v) is 13.7. The maximum Gasteiger partial charge on any atom is 0.294 e. The molecule has 0 spiro atoms. The van der Waals surface area contributed by atoms with Crippen LogP contribution in [0.5, 0.6) is 0 Å². The maximum absolute atomic E-state index is 12.0. The van der Waals surface area contributed by atoms with Crippen molar-refractivity contribution in [3.63, 3.8) is 0 Å². The Hall–Kier alpha value is -2.44. The molecule has 1 aromatic rings. The number of rotatable bonds is 3. The lowest BCUT2D eigenvalue weighted by atomic mass is 9.99. The van der Waals surface area contributed by atoms with Gasteiger partial charge in [0.1, 0.15) is 5.69 Å². The predicted octanol–water partition coefficient (Wildman–Crippen LogP) is 2.87. The van der Waals surface area contributed by atoms with E-state index in [9.17, 15) is 19.7 Å². The number of hydrogen-bond donors (Lipinski definition) is 0. The molecule has 1 atom stereocenters. The lowest BCUT2D eigenvalue weighted by molar-refractivity contribution is -0.384. The third kappa shape index (κ3) is 3.11. The molecule has 2 aliphatic heterocycles. The van der Waals surface area contributed by atoms with Crippen LogP contribution in [0, 0.1) is 16.0 Å². The second-order valence-electron chi connectivity index (χ2n) is 6.60. The molecule has 2 amide bonds. The number of amides is 2. The number of carbonyl (C=O) groups excluding carboxylic acids is 2. The Kier molecular flexibility index (Phi) is 4.51. The quantitative estimate of drug-likeness (QED) is 0.483. The molecule has 0 radical (unpaired) electrons. The van der Waals surface area contributed by atoms with Crippen molar-refractivity contribution in [1.29, 1.82) is 0 Å². The first-order chi connectivity index (χ1) is 11.5. The van der Waals surface area contributed by atoms with Gasteiger partial charge in [0.2, 0.25) is 11.8 Å². The molecule has 24 heavy (non-hydrogen) atoms. The van der Waals surface area contributed by atoms with Crippen LogP contribution in [0.15, 0.2) is 18.2 Å². The van der Waals surface area contributed by atoms with Crippen LogP contribution in [0.25, 0.3) is 0 Å². The van der Waals surface area contributed by atoms with Crippen LogP contribution >= 0.6 is 0 Å². The highest BCUT2D eigenvalue weighted by Gasteiger charge is 2.30. The van der Waals surface area contributed by atoms with Crippen molar-refractivity contribution < 1.29 is 14.5 Å². The van der Waals surface area contributed by atoms with Crippen molar-refractivity contribution in [2.45, 2.75) is 39.0 Å². The van der Waals surface area contributed by atoms with Gasteiger partial charge in [-0.2, -0.15) is 0 Å². The average Bonchev–Trinajstić information content (AvgIpc) is 2.54. The number of hydrogen-bond acceptors (Lipinski definition) is 5. The third-order valence-corrected chi connectivity index (χ3v) is 4.69. The van der Waals surface area contributed by atoms with Gasteiger partial charge in [-0.3, -0.25) is 24.6 Å². The smallest absolute Gasteiger partial charge is 0.294 e. The van der Waals surface area contributed by atoms with Crippen molar-refractivity contribution in [2.75, 3.05) is 22.9 Å². The first-order valence-electron chi connectivity index (χ1n) is 8.36. The number of anilines is 2. The lowest BCUT2D eigenvalue weighted by Gasteiger charge is -2.33. The Morgan fingerprint density at radius 3 is 2.50 bits per heavy atom. The minimum Gasteiger partial charge on any atom is -0.366 e. The van der Waals surface area contributed by atoms with Gasteiger partial charge in [-0.25, -0.2) is 0 Å². The van der Waals surface area contributed by atoms with E-state index >= 15 is 0 Å². The minimum atomic E-state index is -0.434. The Morgan fingerprint density at radius 2 is 1.88 bits per heavy atom. The zero-order chi connectivity index (χ0) is 17.3. The van der Waals surface area contributed by atoms with Crippen LogP contribution in [0.4, 0.5) is 17.1 Å². The first-order valence-corrected chi connectivity index (χ1v) is 8.36. The molecule has 1 aromatic carbocycles. The van der Waals surface area contributed by atoms with Gasteiger partial charge < -0.3 is 4.90 Å². The summed E-state index contributed by atoms with van der Waals surface area (Å²) in [4.78, 5) is 38.3. The Bertz CT molecular complexity index is 672. The fraction of sp³-hybridized carbons (Fsp3) is 0.529. The van der Waals surface area contributed by atoms with Crippen molar-refractivity contribution in [1.82, 2.24) is 0 Å². The van der Waals surface area contributed by atoms with Gasteiger partial charge in [0, 0.05) is 32.0 Å². The van der Waals surface area contributed by atoms with Crippen LogP contribution in [0.3, 0.4) is 0 Å². The van der Waals surface area contributed by atoms with E-state index in [-0.39, 0.29) is 17.5 Å². The normalized spacial score (nSPS) is 22.0. The van der Waals surface area contributed by atoms with Gasteiger partial charge in [0.05, 0.1) is 10.6 Å². The number of nitro benzene ring substituents is 1. The summed E-state index contributed by atoms with van der Waals surface area (Å²) in [6.07, 6.45) is 3.26. The fourth-order valence-electron chi connectivity index (χ4n) is 3.51. The first kappa shape index (κ1) is 16.4. The van der Waals surface area contributed by atoms with Crippen LogP contribution in [-0.2, 0) is 9.59 Å². The minimum absolute atomic E-state index is 0.0484. The molecular weight excluding hydrogens is 310 g/mol. The number of nitrogens with zero attached hydrogens (tertiary/aromatic N) is 3. The summed E-state index contributed by atoms with van der Waals surface area (Å²) in [5.41, 5.74) is 0.810. The molecule has 7 heteroatoms. The van der Waals surface area contributed by atoms with Crippen molar-refractivity contribution >= 4 is 28.9 Å². The molecule has 0 bridgehead atoms. The summed E-state index contributed by atoms with van der Waals surface area (Å²) in [5, 5.41) is 11.5. The molecular formula is C17H21N3O4. The van der Waals surface area contributed by atoms with E-state index in [1.54, 1.807) is 12.1 Å². The van der Waals surface area contributed by atoms with Crippen molar-refractivity contribution in [3.8, 4) is 0 Å². The molecule has 0 saturated carbocycles. The molecule has 2 heterocycles. The Balaban J connectivity index is 1.97. The van der Waals surface area contributed by atoms with Gasteiger partial charge in [-0.15, -0.1) is 0 Å². The molecule has 2 fully saturated rings. The van der Waals surface area contributed by atoms with Gasteiger partial charge in [0.15, 0.2) is 0 Å². The number of nitro groups is 1. The average molecular weight is 331 g/mol. The van der Waals surface area contributed by atoms with E-state index in [0.29, 0.717) is 36.6 Å². The van der Waals surface area contributed by atoms with E-state index in [1.165, 1.54) is 6.07 Å². The van der Waals surface area contributed by atoms with Crippen LogP contribution in [-0.4, -0.2) is 29.8 Å². The fourth-order valence-corrected chi connectivity index (χ4v) is 3.51. The highest BCUT2D eigenvalue weighted by Crippen LogP contribution is 2.35. The van der Waals surface area contributed by atoms with Gasteiger partial charge in [-0.1, -0.05) is 6.92 Å². The summed E-state index contributed by atoms with van der Waals surface area (Å²) in [5.74, 6) is -0.0944. The molecule has 0 aromatic heterocycles. The molecule has 2 aliphatic rings. The summed E-state index contributed by atoms with van der Waals surface area (Å²) < 4.78 is 0. The Morgan fingerprint density at radius 1 is 1.17 bits per heavy atom. The molecule has 0 N–H and O–H groups in total. The van der Waals surface area contributed by atoms with Crippen LogP contribution < -0.4 is 9.80 Å². The van der Waals surface area contributed by atoms with Crippen molar-refractivity contribution in [3.05, 3.63) is 28.3 Å². The van der Waals surface area contributed by atoms with Gasteiger partial charge >= 0.3 is 0 Å². The number of carbonyl (C=O) groups is 2. The molecule has 0 aliphatic carbocycles. The van der Waals surface area contributed by atoms with Gasteiger partial charge in [0.25, 0.3) is 5.69 Å². The third-order valence-electron chi connectivity index (χ3n) is 4.69. The summed E-state index contributed by atoms with van der Waals surface area (Å²) in [6.45, 7) is 3.70. The molecule has 0 unspecified atom stereocenters. The highest BCUT2D eigenvalue weighted by atomic mass is 16.6. The summed E-state index contributed by atoms with van der Waals surface area (Å²) >= 11 is 0. The van der Waals surface area contributed by atoms with Gasteiger partial charge in [-0.05, 0) is 37.3 Å². The number of imide groups is 1. The largest absolute Gasteiger partial charge is 0.366 e.